The molecule has 2 N–H and O–H groups in total. The van der Waals surface area contributed by atoms with Gasteiger partial charge in [0.1, 0.15) is 5.60 Å². The lowest BCUT2D eigenvalue weighted by molar-refractivity contribution is -0.0960. The molecule has 1 aromatic carbocycles. The van der Waals surface area contributed by atoms with Crippen LogP contribution >= 0.6 is 0 Å². The first-order valence-electron chi connectivity index (χ1n) is 8.57. The number of carbonyl (C=O) groups is 1. The van der Waals surface area contributed by atoms with E-state index in [1.807, 2.05) is 27.7 Å². The summed E-state index contributed by atoms with van der Waals surface area (Å²) < 4.78 is 29.7. The Morgan fingerprint density at radius 1 is 1.19 bits per heavy atom. The van der Waals surface area contributed by atoms with Crippen molar-refractivity contribution in [3.63, 3.8) is 0 Å². The number of sulfonamides is 1. The molecular formula is C18H25N3O4S. The van der Waals surface area contributed by atoms with Crippen molar-refractivity contribution in [3.05, 3.63) is 29.8 Å². The smallest absolute Gasteiger partial charge is 0.408 e. The lowest BCUT2D eigenvalue weighted by Crippen LogP contribution is -2.75. The molecular weight excluding hydrogens is 354 g/mol. The molecule has 7 nitrogen and oxygen atoms in total. The first kappa shape index (κ1) is 18.7. The number of rotatable bonds is 5. The first-order chi connectivity index (χ1) is 11.9. The van der Waals surface area contributed by atoms with Crippen molar-refractivity contribution in [2.75, 3.05) is 0 Å². The molecule has 4 rings (SSSR count). The number of ether oxygens (including phenoxy) is 1. The molecule has 3 aliphatic rings. The zero-order chi connectivity index (χ0) is 19.2. The average molecular weight is 379 g/mol. The molecule has 0 saturated heterocycles. The number of hydrogen-bond donors (Lipinski definition) is 2. The molecule has 0 aromatic heterocycles. The summed E-state index contributed by atoms with van der Waals surface area (Å²) in [5.74, 6) is 0. The SMILES string of the molecule is Cc1ccc(S(=O)(=O)N/N=C/C23CC(NC(=O)OC(C)(C)C)(C2)C3)cc1. The Balaban J connectivity index is 1.50. The molecule has 1 amide bonds. The normalized spacial score (nSPS) is 27.4. The Kier molecular flexibility index (Phi) is 4.29. The van der Waals surface area contributed by atoms with Crippen molar-refractivity contribution in [2.24, 2.45) is 10.5 Å². The molecule has 3 fully saturated rings. The van der Waals surface area contributed by atoms with Crippen LogP contribution in [-0.2, 0) is 14.8 Å². The third-order valence-corrected chi connectivity index (χ3v) is 5.92. The summed E-state index contributed by atoms with van der Waals surface area (Å²) in [4.78, 5) is 14.3. The predicted molar refractivity (Wildman–Crippen MR) is 98.4 cm³/mol. The van der Waals surface area contributed by atoms with E-state index in [4.69, 9.17) is 4.74 Å². The van der Waals surface area contributed by atoms with Crippen LogP contribution in [0.4, 0.5) is 4.79 Å². The molecule has 0 radical (unpaired) electrons. The molecule has 1 aromatic rings. The monoisotopic (exact) mass is 379 g/mol. The van der Waals surface area contributed by atoms with Crippen molar-refractivity contribution in [2.45, 2.75) is 63.0 Å². The standard InChI is InChI=1S/C18H25N3O4S/c1-13-5-7-14(8-6-13)26(23,24)21-19-12-17-9-18(10-17,11-17)20-15(22)25-16(2,3)4/h5-8,12,21H,9-11H2,1-4H3,(H,20,22)/b19-12+. The number of alkyl carbamates (subject to hydrolysis) is 1. The zero-order valence-electron chi connectivity index (χ0n) is 15.5. The molecule has 0 unspecified atom stereocenters. The number of nitrogens with zero attached hydrogens (tertiary/aromatic N) is 1. The Morgan fingerprint density at radius 3 is 2.31 bits per heavy atom. The van der Waals surface area contributed by atoms with E-state index >= 15 is 0 Å². The number of hydrazone groups is 1. The van der Waals surface area contributed by atoms with Crippen LogP contribution < -0.4 is 10.1 Å². The lowest BCUT2D eigenvalue weighted by atomic mass is 9.40. The Labute approximate surface area is 154 Å². The topological polar surface area (TPSA) is 96.9 Å². The second-order valence-corrected chi connectivity index (χ2v) is 10.1. The minimum atomic E-state index is -3.66. The summed E-state index contributed by atoms with van der Waals surface area (Å²) in [7, 11) is -3.66. The van der Waals surface area contributed by atoms with E-state index in [9.17, 15) is 13.2 Å². The van der Waals surface area contributed by atoms with Crippen molar-refractivity contribution < 1.29 is 17.9 Å². The average Bonchev–Trinajstić information content (AvgIpc) is 2.41. The number of benzene rings is 1. The van der Waals surface area contributed by atoms with Gasteiger partial charge in [-0.05, 0) is 59.1 Å². The minimum Gasteiger partial charge on any atom is -0.444 e. The molecule has 26 heavy (non-hydrogen) atoms. The van der Waals surface area contributed by atoms with Crippen LogP contribution in [-0.4, -0.2) is 31.9 Å². The van der Waals surface area contributed by atoms with E-state index < -0.39 is 21.7 Å². The largest absolute Gasteiger partial charge is 0.444 e. The van der Waals surface area contributed by atoms with Crippen molar-refractivity contribution in [3.8, 4) is 0 Å². The second kappa shape index (κ2) is 5.97. The third kappa shape index (κ3) is 3.85. The summed E-state index contributed by atoms with van der Waals surface area (Å²) in [6.45, 7) is 7.36. The van der Waals surface area contributed by atoms with E-state index in [1.54, 1.807) is 30.5 Å². The van der Waals surface area contributed by atoms with Gasteiger partial charge in [0, 0.05) is 17.2 Å². The van der Waals surface area contributed by atoms with Crippen LogP contribution in [0.1, 0.15) is 45.6 Å². The second-order valence-electron chi connectivity index (χ2n) is 8.47. The number of carbonyl (C=O) groups excluding carboxylic acids is 1. The van der Waals surface area contributed by atoms with Crippen LogP contribution in [0.15, 0.2) is 34.3 Å². The number of aryl methyl sites for hydroxylation is 1. The van der Waals surface area contributed by atoms with Gasteiger partial charge in [0.05, 0.1) is 4.90 Å². The number of amides is 1. The molecule has 0 atom stereocenters. The Morgan fingerprint density at radius 2 is 1.77 bits per heavy atom. The number of nitrogens with one attached hydrogen (secondary N) is 2. The summed E-state index contributed by atoms with van der Waals surface area (Å²) in [6, 6.07) is 6.58. The molecule has 3 aliphatic carbocycles. The van der Waals surface area contributed by atoms with E-state index in [0.29, 0.717) is 0 Å². The number of hydrogen-bond acceptors (Lipinski definition) is 5. The third-order valence-electron chi connectivity index (χ3n) is 4.68. The van der Waals surface area contributed by atoms with Crippen LogP contribution in [0.2, 0.25) is 0 Å². The van der Waals surface area contributed by atoms with Crippen molar-refractivity contribution in [1.29, 1.82) is 0 Å². The van der Waals surface area contributed by atoms with E-state index in [-0.39, 0.29) is 15.8 Å². The van der Waals surface area contributed by atoms with Gasteiger partial charge in [-0.15, -0.1) is 0 Å². The Hall–Kier alpha value is -2.09. The van der Waals surface area contributed by atoms with Crippen molar-refractivity contribution >= 4 is 22.3 Å². The predicted octanol–water partition coefficient (Wildman–Crippen LogP) is 2.71. The van der Waals surface area contributed by atoms with E-state index in [2.05, 4.69) is 15.2 Å². The maximum Gasteiger partial charge on any atom is 0.408 e. The van der Waals surface area contributed by atoms with E-state index in [1.165, 1.54) is 0 Å². The first-order valence-corrected chi connectivity index (χ1v) is 10.1. The van der Waals surface area contributed by atoms with Crippen LogP contribution in [0.3, 0.4) is 0 Å². The highest BCUT2D eigenvalue weighted by molar-refractivity contribution is 7.89. The summed E-state index contributed by atoms with van der Waals surface area (Å²) in [5.41, 5.74) is 0.0971. The fraction of sp³-hybridized carbons (Fsp3) is 0.556. The van der Waals surface area contributed by atoms with Gasteiger partial charge in [0.25, 0.3) is 10.0 Å². The lowest BCUT2D eigenvalue weighted by Gasteiger charge is -2.68. The maximum absolute atomic E-state index is 12.2. The quantitative estimate of drug-likeness (QED) is 0.607. The fourth-order valence-electron chi connectivity index (χ4n) is 3.66. The summed E-state index contributed by atoms with van der Waals surface area (Å²) >= 11 is 0. The van der Waals surface area contributed by atoms with Gasteiger partial charge in [-0.25, -0.2) is 9.63 Å². The van der Waals surface area contributed by atoms with Gasteiger partial charge in [-0.3, -0.25) is 0 Å². The molecule has 0 aliphatic heterocycles. The fourth-order valence-corrected chi connectivity index (χ4v) is 4.45. The molecule has 3 saturated carbocycles. The van der Waals surface area contributed by atoms with Gasteiger partial charge in [0.15, 0.2) is 0 Å². The van der Waals surface area contributed by atoms with Gasteiger partial charge < -0.3 is 10.1 Å². The van der Waals surface area contributed by atoms with Crippen LogP contribution in [0.5, 0.6) is 0 Å². The maximum atomic E-state index is 12.2. The van der Waals surface area contributed by atoms with Crippen LogP contribution in [0, 0.1) is 12.3 Å². The Bertz CT molecular complexity index is 818. The van der Waals surface area contributed by atoms with Gasteiger partial charge in [-0.2, -0.15) is 13.5 Å². The van der Waals surface area contributed by atoms with Gasteiger partial charge in [0.2, 0.25) is 0 Å². The molecule has 0 heterocycles. The van der Waals surface area contributed by atoms with E-state index in [0.717, 1.165) is 24.8 Å². The zero-order valence-corrected chi connectivity index (χ0v) is 16.3. The minimum absolute atomic E-state index is 0.134. The highest BCUT2D eigenvalue weighted by Gasteiger charge is 2.68. The van der Waals surface area contributed by atoms with Crippen LogP contribution in [0.25, 0.3) is 0 Å². The molecule has 2 bridgehead atoms. The summed E-state index contributed by atoms with van der Waals surface area (Å²) in [6.07, 6.45) is 3.47. The molecule has 142 valence electrons. The van der Waals surface area contributed by atoms with Gasteiger partial charge in [-0.1, -0.05) is 17.7 Å². The van der Waals surface area contributed by atoms with Gasteiger partial charge >= 0.3 is 6.09 Å². The highest BCUT2D eigenvalue weighted by Crippen LogP contribution is 2.66. The summed E-state index contributed by atoms with van der Waals surface area (Å²) in [5, 5.41) is 6.85. The molecule has 8 heteroatoms. The molecule has 0 spiro atoms. The highest BCUT2D eigenvalue weighted by atomic mass is 32.2. The van der Waals surface area contributed by atoms with Crippen molar-refractivity contribution in [1.82, 2.24) is 10.1 Å².